The summed E-state index contributed by atoms with van der Waals surface area (Å²) in [6.07, 6.45) is 1.21. The Bertz CT molecular complexity index is 1330. The second kappa shape index (κ2) is 6.72. The normalized spacial score (nSPS) is 13.4. The molecule has 0 radical (unpaired) electrons. The molecule has 0 unspecified atom stereocenters. The first kappa shape index (κ1) is 18.9. The Labute approximate surface area is 174 Å². The molecule has 0 saturated heterocycles. The zero-order valence-corrected chi connectivity index (χ0v) is 16.4. The van der Waals surface area contributed by atoms with E-state index in [4.69, 9.17) is 0 Å². The maximum atomic E-state index is 14.0. The number of benzene rings is 2. The van der Waals surface area contributed by atoms with Gasteiger partial charge < -0.3 is 0 Å². The fourth-order valence-electron chi connectivity index (χ4n) is 3.37. The van der Waals surface area contributed by atoms with Gasteiger partial charge in [0.1, 0.15) is 0 Å². The third-order valence-electron chi connectivity index (χ3n) is 4.78. The Balaban J connectivity index is 1.57. The molecule has 0 saturated carbocycles. The first-order valence-corrected chi connectivity index (χ1v) is 10.3. The molecule has 1 aliphatic rings. The lowest BCUT2D eigenvalue weighted by Crippen LogP contribution is -2.07. The molecule has 2 aromatic heterocycles. The van der Waals surface area contributed by atoms with E-state index in [9.17, 15) is 27.2 Å². The number of allylic oxidation sites excluding steroid dienone is 1. The number of Topliss-reactive ketones (excluding diaryl/α,β-unsaturated/α-hetero) is 2. The summed E-state index contributed by atoms with van der Waals surface area (Å²) in [6, 6.07) is 13.5. The topological polar surface area (TPSA) is 34.1 Å². The Morgan fingerprint density at radius 2 is 1.27 bits per heavy atom. The minimum Gasteiger partial charge on any atom is -0.288 e. The lowest BCUT2D eigenvalue weighted by Gasteiger charge is -2.02. The van der Waals surface area contributed by atoms with Crippen molar-refractivity contribution in [1.82, 2.24) is 0 Å². The highest BCUT2D eigenvalue weighted by molar-refractivity contribution is 7.29. The van der Waals surface area contributed by atoms with E-state index in [0.717, 1.165) is 19.8 Å². The molecule has 0 bridgehead atoms. The van der Waals surface area contributed by atoms with Crippen molar-refractivity contribution >= 4 is 49.7 Å². The number of carbonyl (C=O) groups excluding carboxylic acids is 2. The van der Waals surface area contributed by atoms with E-state index in [1.165, 1.54) is 28.7 Å². The molecule has 0 fully saturated rings. The van der Waals surface area contributed by atoms with Crippen molar-refractivity contribution in [2.45, 2.75) is 0 Å². The van der Waals surface area contributed by atoms with Crippen LogP contribution in [0.3, 0.4) is 0 Å². The number of hydrogen-bond acceptors (Lipinski definition) is 4. The molecule has 30 heavy (non-hydrogen) atoms. The van der Waals surface area contributed by atoms with Crippen LogP contribution in [-0.2, 0) is 0 Å². The molecule has 0 aliphatic heterocycles. The predicted octanol–water partition coefficient (Wildman–Crippen LogP) is 6.65. The zero-order chi connectivity index (χ0) is 21.2. The molecule has 2 nitrogen and oxygen atoms in total. The number of rotatable bonds is 2. The lowest BCUT2D eigenvalue weighted by atomic mass is 10.1. The molecule has 8 heteroatoms. The summed E-state index contributed by atoms with van der Waals surface area (Å²) in [6.45, 7) is 0. The largest absolute Gasteiger partial charge is 0.288 e. The molecule has 2 heterocycles. The van der Waals surface area contributed by atoms with Crippen molar-refractivity contribution in [3.8, 4) is 10.4 Å². The van der Waals surface area contributed by atoms with Gasteiger partial charge in [0.05, 0.1) is 16.7 Å². The number of halogens is 4. The standard InChI is InChI=1S/C22H8F4O2S2/c23-17-15-16(18(24)20(26)19(17)25)22(28)11(21(15)27)6-10-7-13-14(29-10)8-12(30-13)9-4-2-1-3-5-9/h1-8H. The van der Waals surface area contributed by atoms with Crippen LogP contribution in [0.15, 0.2) is 48.0 Å². The van der Waals surface area contributed by atoms with Crippen molar-refractivity contribution in [2.75, 3.05) is 0 Å². The van der Waals surface area contributed by atoms with Crippen molar-refractivity contribution in [3.63, 3.8) is 0 Å². The van der Waals surface area contributed by atoms with Gasteiger partial charge in [-0.3, -0.25) is 9.59 Å². The summed E-state index contributed by atoms with van der Waals surface area (Å²) in [7, 11) is 0. The van der Waals surface area contributed by atoms with Crippen LogP contribution in [-0.4, -0.2) is 11.6 Å². The summed E-state index contributed by atoms with van der Waals surface area (Å²) >= 11 is 2.81. The van der Waals surface area contributed by atoms with Crippen LogP contribution in [0.1, 0.15) is 25.6 Å². The SMILES string of the molecule is O=C1C(=Cc2cc3sc(-c4ccccc4)cc3s2)C(=O)c2c(F)c(F)c(F)c(F)c21. The van der Waals surface area contributed by atoms with E-state index in [1.807, 2.05) is 36.4 Å². The summed E-state index contributed by atoms with van der Waals surface area (Å²) in [5.41, 5.74) is -1.60. The quantitative estimate of drug-likeness (QED) is 0.114. The van der Waals surface area contributed by atoms with Crippen molar-refractivity contribution < 1.29 is 27.2 Å². The first-order valence-electron chi connectivity index (χ1n) is 8.62. The van der Waals surface area contributed by atoms with Crippen molar-refractivity contribution in [2.24, 2.45) is 0 Å². The van der Waals surface area contributed by atoms with Gasteiger partial charge in [0.25, 0.3) is 0 Å². The molecule has 0 atom stereocenters. The molecular formula is C22H8F4O2S2. The first-order chi connectivity index (χ1) is 14.4. The highest BCUT2D eigenvalue weighted by Gasteiger charge is 2.42. The van der Waals surface area contributed by atoms with Crippen LogP contribution in [0.4, 0.5) is 17.6 Å². The Morgan fingerprint density at radius 1 is 0.700 bits per heavy atom. The van der Waals surface area contributed by atoms with Crippen LogP contribution in [0.2, 0.25) is 0 Å². The van der Waals surface area contributed by atoms with Gasteiger partial charge in [-0.1, -0.05) is 30.3 Å². The molecular weight excluding hydrogens is 436 g/mol. The Hall–Kier alpha value is -3.10. The van der Waals surface area contributed by atoms with Crippen LogP contribution in [0.5, 0.6) is 0 Å². The van der Waals surface area contributed by atoms with Crippen molar-refractivity contribution in [1.29, 1.82) is 0 Å². The molecule has 0 amide bonds. The van der Waals surface area contributed by atoms with Gasteiger partial charge in [-0.2, -0.15) is 0 Å². The summed E-state index contributed by atoms with van der Waals surface area (Å²) < 4.78 is 56.9. The maximum Gasteiger partial charge on any atom is 0.200 e. The molecule has 2 aromatic carbocycles. The molecule has 0 spiro atoms. The molecule has 5 rings (SSSR count). The molecule has 4 aromatic rings. The van der Waals surface area contributed by atoms with E-state index in [0.29, 0.717) is 4.88 Å². The average molecular weight is 444 g/mol. The third kappa shape index (κ3) is 2.68. The van der Waals surface area contributed by atoms with E-state index >= 15 is 0 Å². The fraction of sp³-hybridized carbons (Fsp3) is 0. The highest BCUT2D eigenvalue weighted by Crippen LogP contribution is 2.40. The van der Waals surface area contributed by atoms with Gasteiger partial charge in [0, 0.05) is 19.2 Å². The van der Waals surface area contributed by atoms with Gasteiger partial charge in [0.15, 0.2) is 23.3 Å². The fourth-order valence-corrected chi connectivity index (χ4v) is 5.73. The Kier molecular flexibility index (Phi) is 4.23. The smallest absolute Gasteiger partial charge is 0.200 e. The third-order valence-corrected chi connectivity index (χ3v) is 7.07. The minimum absolute atomic E-state index is 0.516. The summed E-state index contributed by atoms with van der Waals surface area (Å²) in [5, 5.41) is 0. The molecule has 148 valence electrons. The lowest BCUT2D eigenvalue weighted by molar-refractivity contribution is 0.0988. The van der Waals surface area contributed by atoms with Gasteiger partial charge in [-0.25, -0.2) is 17.6 Å². The summed E-state index contributed by atoms with van der Waals surface area (Å²) in [4.78, 5) is 26.5. The highest BCUT2D eigenvalue weighted by atomic mass is 32.1. The minimum atomic E-state index is -2.11. The van der Waals surface area contributed by atoms with Crippen LogP contribution in [0.25, 0.3) is 25.9 Å². The van der Waals surface area contributed by atoms with Gasteiger partial charge in [-0.05, 0) is 23.8 Å². The second-order valence-corrected chi connectivity index (χ2v) is 8.78. The van der Waals surface area contributed by atoms with E-state index in [-0.39, 0.29) is 0 Å². The maximum absolute atomic E-state index is 14.0. The van der Waals surface area contributed by atoms with Crippen molar-refractivity contribution in [3.05, 3.63) is 87.3 Å². The number of thiophene rings is 2. The van der Waals surface area contributed by atoms with Crippen LogP contribution >= 0.6 is 22.7 Å². The molecule has 0 N–H and O–H groups in total. The van der Waals surface area contributed by atoms with E-state index < -0.39 is 51.5 Å². The van der Waals surface area contributed by atoms with Crippen LogP contribution in [0, 0.1) is 23.3 Å². The monoisotopic (exact) mass is 444 g/mol. The summed E-state index contributed by atoms with van der Waals surface area (Å²) in [5.74, 6) is -10.3. The Morgan fingerprint density at radius 3 is 1.83 bits per heavy atom. The van der Waals surface area contributed by atoms with Gasteiger partial charge >= 0.3 is 0 Å². The van der Waals surface area contributed by atoms with Crippen LogP contribution < -0.4 is 0 Å². The van der Waals surface area contributed by atoms with E-state index in [1.54, 1.807) is 6.07 Å². The molecule has 1 aliphatic carbocycles. The number of hydrogen-bond donors (Lipinski definition) is 0. The van der Waals surface area contributed by atoms with E-state index in [2.05, 4.69) is 0 Å². The number of carbonyl (C=O) groups is 2. The zero-order valence-electron chi connectivity index (χ0n) is 14.8. The van der Waals surface area contributed by atoms with Gasteiger partial charge in [0.2, 0.25) is 11.6 Å². The predicted molar refractivity (Wildman–Crippen MR) is 108 cm³/mol. The van der Waals surface area contributed by atoms with Gasteiger partial charge in [-0.15, -0.1) is 22.7 Å². The average Bonchev–Trinajstić information content (AvgIpc) is 3.38. The second-order valence-electron chi connectivity index (χ2n) is 6.58. The number of ketones is 2. The number of fused-ring (bicyclic) bond motifs is 2.